The third-order valence-corrected chi connectivity index (χ3v) is 3.17. The van der Waals surface area contributed by atoms with Crippen molar-refractivity contribution in [1.29, 1.82) is 0 Å². The third-order valence-electron chi connectivity index (χ3n) is 2.91. The summed E-state index contributed by atoms with van der Waals surface area (Å²) >= 11 is 5.98. The Hall–Kier alpha value is -1.68. The second-order valence-corrected chi connectivity index (χ2v) is 4.34. The van der Waals surface area contributed by atoms with E-state index in [4.69, 9.17) is 11.6 Å². The van der Waals surface area contributed by atoms with Crippen LogP contribution in [-0.2, 0) is 0 Å². The molecule has 94 valence electrons. The second-order valence-electron chi connectivity index (χ2n) is 3.98. The molecule has 1 unspecified atom stereocenters. The molecule has 0 aliphatic heterocycles. The van der Waals surface area contributed by atoms with Crippen molar-refractivity contribution in [2.24, 2.45) is 0 Å². The highest BCUT2D eigenvalue weighted by Gasteiger charge is 2.18. The normalized spacial score (nSPS) is 12.2. The maximum Gasteiger partial charge on any atom is 0.171 e. The van der Waals surface area contributed by atoms with Gasteiger partial charge in [-0.15, -0.1) is 0 Å². The molecule has 0 aliphatic rings. The van der Waals surface area contributed by atoms with Gasteiger partial charge < -0.3 is 4.90 Å². The highest BCUT2D eigenvalue weighted by Crippen LogP contribution is 2.28. The Kier molecular flexibility index (Phi) is 3.77. The van der Waals surface area contributed by atoms with Crippen LogP contribution in [0, 0.1) is 5.82 Å². The van der Waals surface area contributed by atoms with Crippen LogP contribution in [0.4, 0.5) is 10.2 Å². The van der Waals surface area contributed by atoms with Gasteiger partial charge in [0, 0.05) is 25.0 Å². The smallest absolute Gasteiger partial charge is 0.171 e. The van der Waals surface area contributed by atoms with Crippen molar-refractivity contribution in [3.63, 3.8) is 0 Å². The van der Waals surface area contributed by atoms with E-state index in [1.807, 2.05) is 14.0 Å². The Morgan fingerprint density at radius 3 is 2.56 bits per heavy atom. The summed E-state index contributed by atoms with van der Waals surface area (Å²) in [5.74, 6) is 0.298. The zero-order chi connectivity index (χ0) is 13.1. The predicted octanol–water partition coefficient (Wildman–Crippen LogP) is 3.47. The average Bonchev–Trinajstić information content (AvgIpc) is 2.38. The summed E-state index contributed by atoms with van der Waals surface area (Å²) in [6.07, 6.45) is 3.08. The van der Waals surface area contributed by atoms with Gasteiger partial charge in [0.25, 0.3) is 0 Å². The maximum absolute atomic E-state index is 13.7. The number of nitrogens with zero attached hydrogens (tertiary/aromatic N) is 3. The van der Waals surface area contributed by atoms with E-state index in [0.29, 0.717) is 16.5 Å². The van der Waals surface area contributed by atoms with Gasteiger partial charge >= 0.3 is 0 Å². The van der Waals surface area contributed by atoms with Gasteiger partial charge in [0.1, 0.15) is 5.82 Å². The zero-order valence-electron chi connectivity index (χ0n) is 10.1. The van der Waals surface area contributed by atoms with Gasteiger partial charge in [-0.3, -0.25) is 0 Å². The van der Waals surface area contributed by atoms with E-state index in [1.165, 1.54) is 12.3 Å². The summed E-state index contributed by atoms with van der Waals surface area (Å²) in [5, 5.41) is 0.309. The molecular weight excluding hydrogens is 253 g/mol. The van der Waals surface area contributed by atoms with Crippen molar-refractivity contribution < 1.29 is 4.39 Å². The van der Waals surface area contributed by atoms with E-state index >= 15 is 0 Å². The molecule has 1 heterocycles. The van der Waals surface area contributed by atoms with Gasteiger partial charge in [-0.25, -0.2) is 14.4 Å². The number of halogens is 2. The molecule has 5 heteroatoms. The molecule has 1 aromatic heterocycles. The maximum atomic E-state index is 13.7. The fourth-order valence-corrected chi connectivity index (χ4v) is 1.99. The molecule has 0 spiro atoms. The molecular formula is C13H13ClFN3. The molecule has 0 N–H and O–H groups in total. The largest absolute Gasteiger partial charge is 0.350 e. The van der Waals surface area contributed by atoms with Crippen molar-refractivity contribution in [3.05, 3.63) is 53.2 Å². The summed E-state index contributed by atoms with van der Waals surface area (Å²) < 4.78 is 13.7. The fraction of sp³-hybridized carbons (Fsp3) is 0.231. The number of anilines is 1. The van der Waals surface area contributed by atoms with Crippen molar-refractivity contribution in [2.75, 3.05) is 11.9 Å². The Bertz CT molecular complexity index is 498. The van der Waals surface area contributed by atoms with Gasteiger partial charge in [0.15, 0.2) is 11.0 Å². The first kappa shape index (κ1) is 12.8. The minimum absolute atomic E-state index is 0.180. The Labute approximate surface area is 110 Å². The van der Waals surface area contributed by atoms with Crippen LogP contribution in [-0.4, -0.2) is 17.0 Å². The Morgan fingerprint density at radius 1 is 1.22 bits per heavy atom. The van der Waals surface area contributed by atoms with Crippen molar-refractivity contribution in [1.82, 2.24) is 9.97 Å². The van der Waals surface area contributed by atoms with Crippen LogP contribution in [0.15, 0.2) is 36.7 Å². The molecule has 1 aromatic carbocycles. The van der Waals surface area contributed by atoms with Gasteiger partial charge in [0.05, 0.1) is 6.04 Å². The molecule has 2 aromatic rings. The lowest BCUT2D eigenvalue weighted by atomic mass is 10.1. The lowest BCUT2D eigenvalue weighted by molar-refractivity contribution is 0.584. The second kappa shape index (κ2) is 5.31. The van der Waals surface area contributed by atoms with Gasteiger partial charge in [-0.1, -0.05) is 29.8 Å². The van der Waals surface area contributed by atoms with Gasteiger partial charge in [0.2, 0.25) is 0 Å². The molecule has 2 rings (SSSR count). The lowest BCUT2D eigenvalue weighted by Gasteiger charge is -2.26. The summed E-state index contributed by atoms with van der Waals surface area (Å²) in [5.41, 5.74) is 0.599. The van der Waals surface area contributed by atoms with Crippen LogP contribution < -0.4 is 4.90 Å². The molecule has 0 aliphatic carbocycles. The molecule has 0 saturated heterocycles. The van der Waals surface area contributed by atoms with Crippen LogP contribution in [0.3, 0.4) is 0 Å². The SMILES string of the molecule is CC(c1ccccc1F)N(C)c1nccnc1Cl. The van der Waals surface area contributed by atoms with E-state index in [-0.39, 0.29) is 11.9 Å². The van der Waals surface area contributed by atoms with Crippen LogP contribution in [0.1, 0.15) is 18.5 Å². The number of hydrogen-bond donors (Lipinski definition) is 0. The van der Waals surface area contributed by atoms with Crippen LogP contribution >= 0.6 is 11.6 Å². The van der Waals surface area contributed by atoms with E-state index in [0.717, 1.165) is 0 Å². The monoisotopic (exact) mass is 265 g/mol. The molecule has 3 nitrogen and oxygen atoms in total. The van der Waals surface area contributed by atoms with Crippen molar-refractivity contribution >= 4 is 17.4 Å². The first-order valence-corrected chi connectivity index (χ1v) is 5.93. The number of rotatable bonds is 3. The van der Waals surface area contributed by atoms with Crippen molar-refractivity contribution in [2.45, 2.75) is 13.0 Å². The fourth-order valence-electron chi connectivity index (χ4n) is 1.76. The first-order chi connectivity index (χ1) is 8.61. The molecule has 0 bridgehead atoms. The number of hydrogen-bond acceptors (Lipinski definition) is 3. The number of aromatic nitrogens is 2. The summed E-state index contributed by atoms with van der Waals surface area (Å²) in [7, 11) is 1.81. The number of benzene rings is 1. The van der Waals surface area contributed by atoms with Gasteiger partial charge in [-0.2, -0.15) is 0 Å². The Balaban J connectivity index is 2.33. The van der Waals surface area contributed by atoms with E-state index in [9.17, 15) is 4.39 Å². The van der Waals surface area contributed by atoms with E-state index in [1.54, 1.807) is 29.3 Å². The topological polar surface area (TPSA) is 29.0 Å². The highest BCUT2D eigenvalue weighted by atomic mass is 35.5. The molecule has 0 radical (unpaired) electrons. The van der Waals surface area contributed by atoms with E-state index < -0.39 is 0 Å². The summed E-state index contributed by atoms with van der Waals surface area (Å²) in [6.45, 7) is 1.89. The molecule has 0 saturated carbocycles. The average molecular weight is 266 g/mol. The first-order valence-electron chi connectivity index (χ1n) is 5.55. The summed E-state index contributed by atoms with van der Waals surface area (Å²) in [6, 6.07) is 6.49. The molecule has 1 atom stereocenters. The van der Waals surface area contributed by atoms with Crippen LogP contribution in [0.2, 0.25) is 5.15 Å². The quantitative estimate of drug-likeness (QED) is 0.851. The standard InChI is InChI=1S/C13H13ClFN3/c1-9(10-5-3-4-6-11(10)15)18(2)13-12(14)16-7-8-17-13/h3-9H,1-2H3. The van der Waals surface area contributed by atoms with Gasteiger partial charge in [-0.05, 0) is 13.0 Å². The summed E-state index contributed by atoms with van der Waals surface area (Å²) in [4.78, 5) is 9.93. The molecule has 0 amide bonds. The minimum Gasteiger partial charge on any atom is -0.350 e. The predicted molar refractivity (Wildman–Crippen MR) is 70.3 cm³/mol. The molecule has 0 fully saturated rings. The lowest BCUT2D eigenvalue weighted by Crippen LogP contribution is -2.24. The zero-order valence-corrected chi connectivity index (χ0v) is 10.9. The molecule has 18 heavy (non-hydrogen) atoms. The third kappa shape index (κ3) is 2.43. The minimum atomic E-state index is -0.239. The Morgan fingerprint density at radius 2 is 1.89 bits per heavy atom. The van der Waals surface area contributed by atoms with Crippen LogP contribution in [0.25, 0.3) is 0 Å². The van der Waals surface area contributed by atoms with E-state index in [2.05, 4.69) is 9.97 Å². The highest BCUT2D eigenvalue weighted by molar-refractivity contribution is 6.31. The van der Waals surface area contributed by atoms with Crippen molar-refractivity contribution in [3.8, 4) is 0 Å². The van der Waals surface area contributed by atoms with Crippen LogP contribution in [0.5, 0.6) is 0 Å².